The van der Waals surface area contributed by atoms with E-state index in [-0.39, 0.29) is 23.4 Å². The highest BCUT2D eigenvalue weighted by atomic mass is 16.2. The number of aromatic nitrogens is 2. The van der Waals surface area contributed by atoms with Gasteiger partial charge in [0.2, 0.25) is 0 Å². The van der Waals surface area contributed by atoms with Gasteiger partial charge in [0, 0.05) is 37.6 Å². The van der Waals surface area contributed by atoms with Gasteiger partial charge in [-0.05, 0) is 18.9 Å². The molecule has 2 aromatic rings. The van der Waals surface area contributed by atoms with Crippen molar-refractivity contribution in [2.24, 2.45) is 5.92 Å². The monoisotopic (exact) mass is 328 g/mol. The first kappa shape index (κ1) is 16.6. The number of hydrogen-bond acceptors (Lipinski definition) is 4. The number of carbonyl (C=O) groups excluding carboxylic acids is 1. The van der Waals surface area contributed by atoms with Crippen molar-refractivity contribution in [1.82, 2.24) is 20.0 Å². The third-order valence-corrected chi connectivity index (χ3v) is 4.37. The van der Waals surface area contributed by atoms with Crippen LogP contribution in [0.4, 0.5) is 0 Å². The number of piperazine rings is 1. The minimum Gasteiger partial charge on any atom is -0.332 e. The average molecular weight is 328 g/mol. The Morgan fingerprint density at radius 2 is 2.04 bits per heavy atom. The maximum absolute atomic E-state index is 13.1. The first-order chi connectivity index (χ1) is 11.5. The Bertz CT molecular complexity index is 812. The molecule has 128 valence electrons. The lowest BCUT2D eigenvalue weighted by Crippen LogP contribution is -2.52. The smallest absolute Gasteiger partial charge is 0.275 e. The van der Waals surface area contributed by atoms with E-state index in [9.17, 15) is 9.59 Å². The van der Waals surface area contributed by atoms with Gasteiger partial charge in [-0.25, -0.2) is 4.68 Å². The van der Waals surface area contributed by atoms with Crippen LogP contribution in [0.5, 0.6) is 0 Å². The topological polar surface area (TPSA) is 67.2 Å². The summed E-state index contributed by atoms with van der Waals surface area (Å²) < 4.78 is 1.44. The number of rotatable bonds is 3. The number of carbonyl (C=O) groups is 1. The summed E-state index contributed by atoms with van der Waals surface area (Å²) in [5.41, 5.74) is 0.240. The fourth-order valence-corrected chi connectivity index (χ4v) is 3.14. The maximum atomic E-state index is 13.1. The molecule has 0 saturated carbocycles. The van der Waals surface area contributed by atoms with Gasteiger partial charge in [0.05, 0.1) is 5.39 Å². The number of hydrogen-bond donors (Lipinski definition) is 1. The van der Waals surface area contributed by atoms with Gasteiger partial charge in [0.1, 0.15) is 0 Å². The summed E-state index contributed by atoms with van der Waals surface area (Å²) in [4.78, 5) is 27.6. The minimum atomic E-state index is -0.135. The summed E-state index contributed by atoms with van der Waals surface area (Å²) in [6.07, 6.45) is 0. The second kappa shape index (κ2) is 6.73. The molecule has 1 aliphatic heterocycles. The Labute approximate surface area is 141 Å². The Morgan fingerprint density at radius 1 is 1.33 bits per heavy atom. The van der Waals surface area contributed by atoms with Gasteiger partial charge in [-0.3, -0.25) is 9.59 Å². The molecule has 2 heterocycles. The van der Waals surface area contributed by atoms with E-state index >= 15 is 0 Å². The zero-order valence-electron chi connectivity index (χ0n) is 14.5. The summed E-state index contributed by atoms with van der Waals surface area (Å²) in [5, 5.41) is 8.92. The number of amides is 1. The Balaban J connectivity index is 2.13. The Morgan fingerprint density at radius 3 is 2.71 bits per heavy atom. The molecule has 1 aromatic carbocycles. The molecule has 0 spiro atoms. The average Bonchev–Trinajstić information content (AvgIpc) is 2.57. The predicted octanol–water partition coefficient (Wildman–Crippen LogP) is 1.49. The summed E-state index contributed by atoms with van der Waals surface area (Å²) in [6.45, 7) is 8.79. The molecule has 1 atom stereocenters. The predicted molar refractivity (Wildman–Crippen MR) is 94.2 cm³/mol. The zero-order valence-corrected chi connectivity index (χ0v) is 14.5. The summed E-state index contributed by atoms with van der Waals surface area (Å²) in [6, 6.07) is 7.36. The van der Waals surface area contributed by atoms with Crippen LogP contribution in [0.3, 0.4) is 0 Å². The van der Waals surface area contributed by atoms with Crippen LogP contribution >= 0.6 is 0 Å². The summed E-state index contributed by atoms with van der Waals surface area (Å²) >= 11 is 0. The van der Waals surface area contributed by atoms with Crippen molar-refractivity contribution in [3.63, 3.8) is 0 Å². The fraction of sp³-hybridized carbons (Fsp3) is 0.500. The third kappa shape index (κ3) is 3.06. The molecular formula is C18H24N4O2. The van der Waals surface area contributed by atoms with Crippen molar-refractivity contribution >= 4 is 16.7 Å². The molecular weight excluding hydrogens is 304 g/mol. The van der Waals surface area contributed by atoms with E-state index in [1.165, 1.54) is 4.68 Å². The number of fused-ring (bicyclic) bond motifs is 1. The molecule has 6 heteroatoms. The lowest BCUT2D eigenvalue weighted by molar-refractivity contribution is 0.0649. The molecule has 0 aliphatic carbocycles. The van der Waals surface area contributed by atoms with Gasteiger partial charge in [-0.2, -0.15) is 5.10 Å². The molecule has 1 aliphatic rings. The van der Waals surface area contributed by atoms with E-state index in [0.29, 0.717) is 29.6 Å². The van der Waals surface area contributed by atoms with Crippen molar-refractivity contribution in [3.05, 3.63) is 40.3 Å². The van der Waals surface area contributed by atoms with Crippen LogP contribution in [-0.4, -0.2) is 46.3 Å². The lowest BCUT2D eigenvalue weighted by atomic mass is 10.1. The quantitative estimate of drug-likeness (QED) is 0.927. The molecule has 0 bridgehead atoms. The SMILES string of the molecule is CC(C)Cn1nc(C(=O)N2CCNC[C@H]2C)c2ccccc2c1=O. The van der Waals surface area contributed by atoms with Crippen LogP contribution in [0.1, 0.15) is 31.3 Å². The van der Waals surface area contributed by atoms with E-state index in [0.717, 1.165) is 13.1 Å². The highest BCUT2D eigenvalue weighted by Crippen LogP contribution is 2.17. The molecule has 0 unspecified atom stereocenters. The van der Waals surface area contributed by atoms with Crippen molar-refractivity contribution in [2.75, 3.05) is 19.6 Å². The molecule has 1 saturated heterocycles. The van der Waals surface area contributed by atoms with Crippen molar-refractivity contribution in [2.45, 2.75) is 33.4 Å². The van der Waals surface area contributed by atoms with Crippen LogP contribution in [-0.2, 0) is 6.54 Å². The molecule has 6 nitrogen and oxygen atoms in total. The molecule has 1 amide bonds. The van der Waals surface area contributed by atoms with Crippen LogP contribution < -0.4 is 10.9 Å². The molecule has 1 aromatic heterocycles. The highest BCUT2D eigenvalue weighted by Gasteiger charge is 2.27. The van der Waals surface area contributed by atoms with Gasteiger partial charge >= 0.3 is 0 Å². The van der Waals surface area contributed by atoms with Crippen LogP contribution in [0.2, 0.25) is 0 Å². The second-order valence-corrected chi connectivity index (χ2v) is 6.83. The highest BCUT2D eigenvalue weighted by molar-refractivity contribution is 6.04. The van der Waals surface area contributed by atoms with Crippen LogP contribution in [0, 0.1) is 5.92 Å². The van der Waals surface area contributed by atoms with Gasteiger partial charge in [0.15, 0.2) is 5.69 Å². The zero-order chi connectivity index (χ0) is 17.3. The van der Waals surface area contributed by atoms with Gasteiger partial charge in [-0.15, -0.1) is 0 Å². The number of nitrogens with zero attached hydrogens (tertiary/aromatic N) is 3. The second-order valence-electron chi connectivity index (χ2n) is 6.83. The van der Waals surface area contributed by atoms with E-state index < -0.39 is 0 Å². The summed E-state index contributed by atoms with van der Waals surface area (Å²) in [5.74, 6) is 0.176. The van der Waals surface area contributed by atoms with Crippen LogP contribution in [0.25, 0.3) is 10.8 Å². The minimum absolute atomic E-state index is 0.0993. The fourth-order valence-electron chi connectivity index (χ4n) is 3.14. The lowest BCUT2D eigenvalue weighted by Gasteiger charge is -2.34. The van der Waals surface area contributed by atoms with Gasteiger partial charge in [-0.1, -0.05) is 32.0 Å². The molecule has 24 heavy (non-hydrogen) atoms. The number of benzene rings is 1. The number of nitrogens with one attached hydrogen (secondary N) is 1. The third-order valence-electron chi connectivity index (χ3n) is 4.37. The van der Waals surface area contributed by atoms with Crippen molar-refractivity contribution < 1.29 is 4.79 Å². The van der Waals surface area contributed by atoms with Crippen LogP contribution in [0.15, 0.2) is 29.1 Å². The van der Waals surface area contributed by atoms with Gasteiger partial charge in [0.25, 0.3) is 11.5 Å². The molecule has 3 rings (SSSR count). The molecule has 1 fully saturated rings. The van der Waals surface area contributed by atoms with Crippen molar-refractivity contribution in [3.8, 4) is 0 Å². The molecule has 1 N–H and O–H groups in total. The Hall–Kier alpha value is -2.21. The first-order valence-corrected chi connectivity index (χ1v) is 8.50. The summed E-state index contributed by atoms with van der Waals surface area (Å²) in [7, 11) is 0. The normalized spacial score (nSPS) is 18.3. The van der Waals surface area contributed by atoms with E-state index in [1.807, 2.05) is 43.9 Å². The van der Waals surface area contributed by atoms with E-state index in [2.05, 4.69) is 10.4 Å². The van der Waals surface area contributed by atoms with Crippen molar-refractivity contribution in [1.29, 1.82) is 0 Å². The maximum Gasteiger partial charge on any atom is 0.275 e. The Kier molecular flexibility index (Phi) is 4.66. The first-order valence-electron chi connectivity index (χ1n) is 8.50. The van der Waals surface area contributed by atoms with E-state index in [4.69, 9.17) is 0 Å². The van der Waals surface area contributed by atoms with E-state index in [1.54, 1.807) is 6.07 Å². The standard InChI is InChI=1S/C18H24N4O2/c1-12(2)11-22-17(23)15-7-5-4-6-14(15)16(20-22)18(24)21-9-8-19-10-13(21)3/h4-7,12-13,19H,8-11H2,1-3H3/t13-/m1/s1. The van der Waals surface area contributed by atoms with Gasteiger partial charge < -0.3 is 10.2 Å². The molecule has 0 radical (unpaired) electrons. The largest absolute Gasteiger partial charge is 0.332 e.